The van der Waals surface area contributed by atoms with Crippen LogP contribution < -0.4 is 9.62 Å². The van der Waals surface area contributed by atoms with Crippen molar-refractivity contribution in [1.29, 1.82) is 0 Å². The first-order valence-electron chi connectivity index (χ1n) is 14.9. The minimum atomic E-state index is -4.25. The Labute approximate surface area is 282 Å². The highest BCUT2D eigenvalue weighted by atomic mass is 35.5. The number of benzene rings is 4. The number of carbonyl (C=O) groups excluding carboxylic acids is 2. The van der Waals surface area contributed by atoms with Crippen molar-refractivity contribution in [2.75, 3.05) is 10.8 Å². The van der Waals surface area contributed by atoms with E-state index in [0.717, 1.165) is 15.4 Å². The summed E-state index contributed by atoms with van der Waals surface area (Å²) in [6.07, 6.45) is 0.204. The van der Waals surface area contributed by atoms with Gasteiger partial charge in [-0.25, -0.2) is 8.42 Å². The second-order valence-corrected chi connectivity index (χ2v) is 15.0. The van der Waals surface area contributed by atoms with Gasteiger partial charge in [-0.3, -0.25) is 13.9 Å². The summed E-state index contributed by atoms with van der Waals surface area (Å²) in [5.74, 6) is -0.932. The molecule has 0 spiro atoms. The third kappa shape index (κ3) is 8.90. The van der Waals surface area contributed by atoms with E-state index in [2.05, 4.69) is 5.32 Å². The van der Waals surface area contributed by atoms with E-state index in [4.69, 9.17) is 23.2 Å². The molecule has 1 N–H and O–H groups in total. The van der Waals surface area contributed by atoms with Gasteiger partial charge in [0.15, 0.2) is 0 Å². The lowest BCUT2D eigenvalue weighted by molar-refractivity contribution is -0.140. The lowest BCUT2D eigenvalue weighted by Crippen LogP contribution is -2.56. The van der Waals surface area contributed by atoms with Crippen molar-refractivity contribution in [2.45, 2.75) is 64.1 Å². The summed E-state index contributed by atoms with van der Waals surface area (Å²) in [6, 6.07) is 26.8. The van der Waals surface area contributed by atoms with Gasteiger partial charge in [-0.2, -0.15) is 0 Å². The predicted octanol–water partition coefficient (Wildman–Crippen LogP) is 7.36. The molecule has 0 bridgehead atoms. The molecule has 7 nitrogen and oxygen atoms in total. The van der Waals surface area contributed by atoms with E-state index in [1.807, 2.05) is 64.1 Å². The first-order chi connectivity index (χ1) is 21.7. The minimum Gasteiger partial charge on any atom is -0.350 e. The van der Waals surface area contributed by atoms with Gasteiger partial charge in [-0.15, -0.1) is 0 Å². The fraction of sp³-hybridized carbons (Fsp3) is 0.278. The van der Waals surface area contributed by atoms with Crippen molar-refractivity contribution < 1.29 is 18.0 Å². The highest BCUT2D eigenvalue weighted by Crippen LogP contribution is 2.31. The number of hydrogen-bond acceptors (Lipinski definition) is 4. The van der Waals surface area contributed by atoms with Crippen LogP contribution in [0.2, 0.25) is 10.0 Å². The minimum absolute atomic E-state index is 0.0153. The van der Waals surface area contributed by atoms with Crippen LogP contribution in [0.15, 0.2) is 102 Å². The summed E-state index contributed by atoms with van der Waals surface area (Å²) in [5, 5.41) is 3.86. The molecule has 2 amide bonds. The average Bonchev–Trinajstić information content (AvgIpc) is 2.99. The molecule has 0 saturated carbocycles. The molecule has 0 aromatic heterocycles. The maximum Gasteiger partial charge on any atom is 0.264 e. The Kier molecular flexibility index (Phi) is 11.2. The summed E-state index contributed by atoms with van der Waals surface area (Å²) in [7, 11) is -4.25. The molecule has 46 heavy (non-hydrogen) atoms. The molecule has 242 valence electrons. The standard InChI is InChI=1S/C36H39Cl2N3O4S/c1-25-17-19-30(20-18-25)46(44,45)41(32-16-10-15-31(38)26(32)2)24-34(42)40(23-28-13-9-14-29(37)21-28)33(35(43)39-36(3,4)5)22-27-11-7-6-8-12-27/h6-21,33H,22-24H2,1-5H3,(H,39,43)/t33-/m0/s1. The van der Waals surface area contributed by atoms with E-state index >= 15 is 0 Å². The van der Waals surface area contributed by atoms with Gasteiger partial charge in [0.1, 0.15) is 12.6 Å². The summed E-state index contributed by atoms with van der Waals surface area (Å²) in [5.41, 5.74) is 2.60. The van der Waals surface area contributed by atoms with Gasteiger partial charge in [0.25, 0.3) is 10.0 Å². The molecular weight excluding hydrogens is 641 g/mol. The summed E-state index contributed by atoms with van der Waals surface area (Å²) >= 11 is 12.8. The van der Waals surface area contributed by atoms with Crippen molar-refractivity contribution in [3.8, 4) is 0 Å². The van der Waals surface area contributed by atoms with Crippen molar-refractivity contribution >= 4 is 50.7 Å². The number of anilines is 1. The number of nitrogens with one attached hydrogen (secondary N) is 1. The monoisotopic (exact) mass is 679 g/mol. The Morgan fingerprint density at radius 2 is 1.46 bits per heavy atom. The normalized spacial score (nSPS) is 12.3. The largest absolute Gasteiger partial charge is 0.350 e. The fourth-order valence-electron chi connectivity index (χ4n) is 5.06. The first-order valence-corrected chi connectivity index (χ1v) is 17.1. The Bertz CT molecular complexity index is 1790. The predicted molar refractivity (Wildman–Crippen MR) is 186 cm³/mol. The number of hydrogen-bond donors (Lipinski definition) is 1. The molecule has 0 fully saturated rings. The Morgan fingerprint density at radius 1 is 0.826 bits per heavy atom. The molecule has 0 radical (unpaired) electrons. The van der Waals surface area contributed by atoms with Gasteiger partial charge in [0, 0.05) is 28.5 Å². The summed E-state index contributed by atoms with van der Waals surface area (Å²) in [4.78, 5) is 30.1. The molecule has 1 atom stereocenters. The van der Waals surface area contributed by atoms with Gasteiger partial charge in [-0.05, 0) is 87.7 Å². The zero-order chi connectivity index (χ0) is 33.6. The number of halogens is 2. The smallest absolute Gasteiger partial charge is 0.264 e. The van der Waals surface area contributed by atoms with E-state index in [-0.39, 0.29) is 29.5 Å². The summed E-state index contributed by atoms with van der Waals surface area (Å²) < 4.78 is 29.6. The van der Waals surface area contributed by atoms with Crippen LogP contribution in [-0.2, 0) is 32.6 Å². The zero-order valence-electron chi connectivity index (χ0n) is 26.6. The summed E-state index contributed by atoms with van der Waals surface area (Å²) in [6.45, 7) is 8.61. The van der Waals surface area contributed by atoms with Crippen LogP contribution in [0.4, 0.5) is 5.69 Å². The van der Waals surface area contributed by atoms with Crippen molar-refractivity contribution in [3.05, 3.63) is 129 Å². The molecule has 4 aromatic carbocycles. The Hall–Kier alpha value is -3.85. The Balaban J connectivity index is 1.85. The zero-order valence-corrected chi connectivity index (χ0v) is 29.0. The fourth-order valence-corrected chi connectivity index (χ4v) is 6.91. The van der Waals surface area contributed by atoms with Crippen molar-refractivity contribution in [2.24, 2.45) is 0 Å². The highest BCUT2D eigenvalue weighted by Gasteiger charge is 2.36. The van der Waals surface area contributed by atoms with Gasteiger partial charge in [0.2, 0.25) is 11.8 Å². The Morgan fingerprint density at radius 3 is 2.09 bits per heavy atom. The molecule has 0 heterocycles. The van der Waals surface area contributed by atoms with Crippen molar-refractivity contribution in [3.63, 3.8) is 0 Å². The van der Waals surface area contributed by atoms with E-state index in [1.165, 1.54) is 17.0 Å². The molecule has 0 aliphatic carbocycles. The number of aryl methyl sites for hydroxylation is 1. The van der Waals surface area contributed by atoms with Crippen LogP contribution in [0.5, 0.6) is 0 Å². The molecule has 0 aliphatic heterocycles. The van der Waals surface area contributed by atoms with Crippen molar-refractivity contribution in [1.82, 2.24) is 10.2 Å². The van der Waals surface area contributed by atoms with E-state index in [0.29, 0.717) is 21.2 Å². The van der Waals surface area contributed by atoms with Crippen LogP contribution in [0, 0.1) is 13.8 Å². The molecular formula is C36H39Cl2N3O4S. The third-order valence-corrected chi connectivity index (χ3v) is 9.83. The lowest BCUT2D eigenvalue weighted by atomic mass is 10.0. The molecule has 0 unspecified atom stereocenters. The number of nitrogens with zero attached hydrogens (tertiary/aromatic N) is 2. The van der Waals surface area contributed by atoms with Gasteiger partial charge in [0.05, 0.1) is 10.6 Å². The van der Waals surface area contributed by atoms with Crippen LogP contribution in [0.1, 0.15) is 43.0 Å². The van der Waals surface area contributed by atoms with E-state index in [9.17, 15) is 18.0 Å². The second kappa shape index (κ2) is 14.7. The molecule has 10 heteroatoms. The second-order valence-electron chi connectivity index (χ2n) is 12.3. The lowest BCUT2D eigenvalue weighted by Gasteiger charge is -2.35. The molecule has 0 saturated heterocycles. The van der Waals surface area contributed by atoms with E-state index < -0.39 is 34.1 Å². The average molecular weight is 681 g/mol. The van der Waals surface area contributed by atoms with Gasteiger partial charge in [-0.1, -0.05) is 89.4 Å². The topological polar surface area (TPSA) is 86.8 Å². The third-order valence-electron chi connectivity index (χ3n) is 7.41. The molecule has 4 rings (SSSR count). The number of carbonyl (C=O) groups is 2. The SMILES string of the molecule is Cc1ccc(S(=O)(=O)N(CC(=O)N(Cc2cccc(Cl)c2)[C@@H](Cc2ccccc2)C(=O)NC(C)(C)C)c2cccc(Cl)c2C)cc1. The van der Waals surface area contributed by atoms with Crippen LogP contribution in [-0.4, -0.2) is 43.3 Å². The van der Waals surface area contributed by atoms with E-state index in [1.54, 1.807) is 55.5 Å². The van der Waals surface area contributed by atoms with Crippen LogP contribution >= 0.6 is 23.2 Å². The highest BCUT2D eigenvalue weighted by molar-refractivity contribution is 7.92. The quantitative estimate of drug-likeness (QED) is 0.179. The van der Waals surface area contributed by atoms with Crippen LogP contribution in [0.25, 0.3) is 0 Å². The number of rotatable bonds is 11. The van der Waals surface area contributed by atoms with Crippen LogP contribution in [0.3, 0.4) is 0 Å². The number of sulfonamides is 1. The van der Waals surface area contributed by atoms with Gasteiger partial charge >= 0.3 is 0 Å². The maximum atomic E-state index is 14.6. The molecule has 4 aromatic rings. The number of amides is 2. The molecule has 0 aliphatic rings. The first kappa shape index (κ1) is 35.0. The maximum absolute atomic E-state index is 14.6. The van der Waals surface area contributed by atoms with Gasteiger partial charge < -0.3 is 10.2 Å².